The van der Waals surface area contributed by atoms with Gasteiger partial charge in [0, 0.05) is 19.2 Å². The fourth-order valence-corrected chi connectivity index (χ4v) is 3.00. The zero-order chi connectivity index (χ0) is 14.3. The molecule has 1 aliphatic rings. The fraction of sp³-hybridized carbons (Fsp3) is 0.933. The molecule has 0 aromatic carbocycles. The number of aliphatic hydroxyl groups excluding tert-OH is 1. The summed E-state index contributed by atoms with van der Waals surface area (Å²) in [5.41, 5.74) is -0.240. The maximum absolute atomic E-state index is 12.7. The molecule has 2 unspecified atom stereocenters. The average molecular weight is 270 g/mol. The van der Waals surface area contributed by atoms with Gasteiger partial charge in [-0.05, 0) is 38.1 Å². The second kappa shape index (κ2) is 7.85. The Morgan fingerprint density at radius 2 is 2.21 bits per heavy atom. The van der Waals surface area contributed by atoms with Crippen molar-refractivity contribution in [1.29, 1.82) is 0 Å². The van der Waals surface area contributed by atoms with E-state index in [0.717, 1.165) is 38.8 Å². The number of rotatable bonds is 7. The second-order valence-electron chi connectivity index (χ2n) is 6.15. The first-order chi connectivity index (χ1) is 9.05. The molecule has 0 bridgehead atoms. The van der Waals surface area contributed by atoms with Crippen molar-refractivity contribution in [3.8, 4) is 0 Å². The van der Waals surface area contributed by atoms with Crippen LogP contribution in [0, 0.1) is 11.3 Å². The van der Waals surface area contributed by atoms with Crippen molar-refractivity contribution in [2.75, 3.05) is 19.7 Å². The van der Waals surface area contributed by atoms with Crippen LogP contribution in [0.1, 0.15) is 52.9 Å². The zero-order valence-corrected chi connectivity index (χ0v) is 12.7. The van der Waals surface area contributed by atoms with Crippen molar-refractivity contribution in [2.45, 2.75) is 58.9 Å². The van der Waals surface area contributed by atoms with Gasteiger partial charge in [0.2, 0.25) is 5.91 Å². The largest absolute Gasteiger partial charge is 0.396 e. The highest BCUT2D eigenvalue weighted by Crippen LogP contribution is 2.32. The highest BCUT2D eigenvalue weighted by atomic mass is 16.3. The third kappa shape index (κ3) is 4.46. The molecule has 1 saturated heterocycles. The normalized spacial score (nSPS) is 25.3. The van der Waals surface area contributed by atoms with Crippen molar-refractivity contribution < 1.29 is 9.90 Å². The first-order valence-corrected chi connectivity index (χ1v) is 7.68. The highest BCUT2D eigenvalue weighted by Gasteiger charge is 2.39. The topological polar surface area (TPSA) is 61.4 Å². The van der Waals surface area contributed by atoms with Crippen molar-refractivity contribution in [1.82, 2.24) is 10.6 Å². The van der Waals surface area contributed by atoms with Gasteiger partial charge in [-0.15, -0.1) is 0 Å². The third-order valence-electron chi connectivity index (χ3n) is 4.24. The summed E-state index contributed by atoms with van der Waals surface area (Å²) in [5.74, 6) is 0.528. The predicted octanol–water partition coefficient (Wildman–Crippen LogP) is 1.68. The van der Waals surface area contributed by atoms with E-state index in [0.29, 0.717) is 12.3 Å². The number of piperidine rings is 1. The molecule has 0 aliphatic carbocycles. The van der Waals surface area contributed by atoms with Crippen LogP contribution in [0.15, 0.2) is 0 Å². The van der Waals surface area contributed by atoms with Crippen molar-refractivity contribution >= 4 is 5.91 Å². The molecule has 0 radical (unpaired) electrons. The lowest BCUT2D eigenvalue weighted by Crippen LogP contribution is -2.53. The van der Waals surface area contributed by atoms with Crippen LogP contribution in [0.5, 0.6) is 0 Å². The molecular weight excluding hydrogens is 240 g/mol. The number of aliphatic hydroxyl groups is 1. The molecule has 1 rings (SSSR count). The van der Waals surface area contributed by atoms with Gasteiger partial charge in [-0.2, -0.15) is 0 Å². The van der Waals surface area contributed by atoms with Crippen LogP contribution in [-0.2, 0) is 4.79 Å². The molecule has 1 amide bonds. The Morgan fingerprint density at radius 1 is 1.47 bits per heavy atom. The third-order valence-corrected chi connectivity index (χ3v) is 4.24. The minimum absolute atomic E-state index is 0.0770. The monoisotopic (exact) mass is 270 g/mol. The average Bonchev–Trinajstić information content (AvgIpc) is 2.39. The lowest BCUT2D eigenvalue weighted by atomic mass is 9.76. The molecule has 0 aromatic heterocycles. The van der Waals surface area contributed by atoms with Crippen LogP contribution >= 0.6 is 0 Å². The number of nitrogens with one attached hydrogen (secondary N) is 2. The molecule has 4 heteroatoms. The van der Waals surface area contributed by atoms with Gasteiger partial charge in [0.1, 0.15) is 0 Å². The van der Waals surface area contributed by atoms with E-state index in [4.69, 9.17) is 5.11 Å². The van der Waals surface area contributed by atoms with Crippen LogP contribution in [0.2, 0.25) is 0 Å². The zero-order valence-electron chi connectivity index (χ0n) is 12.7. The molecule has 0 saturated carbocycles. The Bertz CT molecular complexity index is 268. The number of carbonyl (C=O) groups excluding carboxylic acids is 1. The smallest absolute Gasteiger partial charge is 0.227 e. The Labute approximate surface area is 117 Å². The first-order valence-electron chi connectivity index (χ1n) is 7.68. The molecule has 2 atom stereocenters. The molecular formula is C15H30N2O2. The summed E-state index contributed by atoms with van der Waals surface area (Å²) in [5, 5.41) is 15.7. The minimum atomic E-state index is -0.240. The van der Waals surface area contributed by atoms with Crippen LogP contribution in [0.3, 0.4) is 0 Å². The molecule has 0 spiro atoms. The van der Waals surface area contributed by atoms with E-state index >= 15 is 0 Å². The van der Waals surface area contributed by atoms with E-state index in [1.807, 2.05) is 0 Å². The van der Waals surface area contributed by atoms with Crippen LogP contribution in [0.4, 0.5) is 0 Å². The summed E-state index contributed by atoms with van der Waals surface area (Å²) < 4.78 is 0. The van der Waals surface area contributed by atoms with Gasteiger partial charge >= 0.3 is 0 Å². The lowest BCUT2D eigenvalue weighted by molar-refractivity contribution is -0.133. The molecule has 3 N–H and O–H groups in total. The van der Waals surface area contributed by atoms with Gasteiger partial charge in [-0.1, -0.05) is 27.2 Å². The fourth-order valence-electron chi connectivity index (χ4n) is 3.00. The van der Waals surface area contributed by atoms with E-state index in [1.54, 1.807) is 0 Å². The molecule has 0 aromatic rings. The number of hydrogen-bond donors (Lipinski definition) is 3. The Kier molecular flexibility index (Phi) is 6.80. The van der Waals surface area contributed by atoms with E-state index in [2.05, 4.69) is 31.4 Å². The van der Waals surface area contributed by atoms with Crippen LogP contribution in [0.25, 0.3) is 0 Å². The van der Waals surface area contributed by atoms with Gasteiger partial charge in [-0.25, -0.2) is 0 Å². The summed E-state index contributed by atoms with van der Waals surface area (Å²) in [6.07, 6.45) is 4.65. The Balaban J connectivity index is 2.70. The highest BCUT2D eigenvalue weighted by molar-refractivity contribution is 5.83. The summed E-state index contributed by atoms with van der Waals surface area (Å²) in [6, 6.07) is 0.0770. The number of carbonyl (C=O) groups is 1. The van der Waals surface area contributed by atoms with Crippen LogP contribution < -0.4 is 10.6 Å². The van der Waals surface area contributed by atoms with Crippen molar-refractivity contribution in [3.63, 3.8) is 0 Å². The van der Waals surface area contributed by atoms with Crippen LogP contribution in [-0.4, -0.2) is 36.8 Å². The van der Waals surface area contributed by atoms with Gasteiger partial charge in [0.05, 0.1) is 5.41 Å². The Hall–Kier alpha value is -0.610. The first kappa shape index (κ1) is 16.4. The van der Waals surface area contributed by atoms with Gasteiger partial charge in [-0.3, -0.25) is 4.79 Å². The SMILES string of the molecule is CCCC1(C(=O)NC(CCO)C(C)C)CCCNC1. The van der Waals surface area contributed by atoms with Gasteiger partial charge < -0.3 is 15.7 Å². The molecule has 4 nitrogen and oxygen atoms in total. The van der Waals surface area contributed by atoms with E-state index < -0.39 is 0 Å². The summed E-state index contributed by atoms with van der Waals surface area (Å²) in [4.78, 5) is 12.7. The molecule has 1 fully saturated rings. The quantitative estimate of drug-likeness (QED) is 0.659. The molecule has 19 heavy (non-hydrogen) atoms. The van der Waals surface area contributed by atoms with E-state index in [1.165, 1.54) is 0 Å². The molecule has 112 valence electrons. The van der Waals surface area contributed by atoms with Gasteiger partial charge in [0.15, 0.2) is 0 Å². The van der Waals surface area contributed by atoms with Crippen molar-refractivity contribution in [3.05, 3.63) is 0 Å². The summed E-state index contributed by atoms with van der Waals surface area (Å²) in [7, 11) is 0. The Morgan fingerprint density at radius 3 is 2.68 bits per heavy atom. The number of amides is 1. The predicted molar refractivity (Wildman–Crippen MR) is 77.9 cm³/mol. The summed E-state index contributed by atoms with van der Waals surface area (Å²) in [6.45, 7) is 8.25. The molecule has 1 heterocycles. The standard InChI is InChI=1S/C15H30N2O2/c1-4-7-15(8-5-9-16-11-15)14(19)17-13(6-10-18)12(2)3/h12-13,16,18H,4-11H2,1-3H3,(H,17,19). The maximum atomic E-state index is 12.7. The molecule has 1 aliphatic heterocycles. The second-order valence-corrected chi connectivity index (χ2v) is 6.15. The van der Waals surface area contributed by atoms with E-state index in [-0.39, 0.29) is 24.0 Å². The maximum Gasteiger partial charge on any atom is 0.227 e. The number of hydrogen-bond acceptors (Lipinski definition) is 3. The van der Waals surface area contributed by atoms with Crippen molar-refractivity contribution in [2.24, 2.45) is 11.3 Å². The van der Waals surface area contributed by atoms with E-state index in [9.17, 15) is 4.79 Å². The lowest BCUT2D eigenvalue weighted by Gasteiger charge is -2.38. The van der Waals surface area contributed by atoms with Gasteiger partial charge in [0.25, 0.3) is 0 Å². The summed E-state index contributed by atoms with van der Waals surface area (Å²) >= 11 is 0. The minimum Gasteiger partial charge on any atom is -0.396 e.